The van der Waals surface area contributed by atoms with E-state index in [1.807, 2.05) is 12.1 Å². The Labute approximate surface area is 117 Å². The molecule has 3 heterocycles. The van der Waals surface area contributed by atoms with Gasteiger partial charge in [0.1, 0.15) is 0 Å². The topological polar surface area (TPSA) is 33.7 Å². The van der Waals surface area contributed by atoms with Gasteiger partial charge in [0, 0.05) is 30.8 Å². The lowest BCUT2D eigenvalue weighted by atomic mass is 10.1. The zero-order valence-electron chi connectivity index (χ0n) is 10.7. The van der Waals surface area contributed by atoms with Crippen molar-refractivity contribution in [1.29, 1.82) is 0 Å². The van der Waals surface area contributed by atoms with Gasteiger partial charge in [-0.25, -0.2) is 0 Å². The molecule has 2 fully saturated rings. The molecular weight excluding hydrogens is 264 g/mol. The van der Waals surface area contributed by atoms with Crippen LogP contribution in [0.25, 0.3) is 0 Å². The maximum absolute atomic E-state index is 6.32. The first-order chi connectivity index (χ1) is 9.31. The molecule has 2 unspecified atom stereocenters. The Kier molecular flexibility index (Phi) is 2.74. The van der Waals surface area contributed by atoms with Gasteiger partial charge in [-0.2, -0.15) is 0 Å². The Morgan fingerprint density at radius 3 is 2.89 bits per heavy atom. The molecule has 1 aromatic carbocycles. The lowest BCUT2D eigenvalue weighted by molar-refractivity contribution is 0.174. The van der Waals surface area contributed by atoms with Crippen LogP contribution < -0.4 is 14.8 Å². The second-order valence-corrected chi connectivity index (χ2v) is 5.88. The van der Waals surface area contributed by atoms with Crippen molar-refractivity contribution in [3.8, 4) is 11.5 Å². The van der Waals surface area contributed by atoms with Gasteiger partial charge in [-0.05, 0) is 25.8 Å². The predicted octanol–water partition coefficient (Wildman–Crippen LogP) is 2.72. The summed E-state index contributed by atoms with van der Waals surface area (Å²) in [5.41, 5.74) is 0.963. The zero-order valence-corrected chi connectivity index (χ0v) is 11.4. The van der Waals surface area contributed by atoms with Gasteiger partial charge in [0.05, 0.1) is 10.7 Å². The molecule has 0 radical (unpaired) electrons. The van der Waals surface area contributed by atoms with Gasteiger partial charge in [-0.1, -0.05) is 11.6 Å². The van der Waals surface area contributed by atoms with Crippen LogP contribution >= 0.6 is 11.6 Å². The Hall–Kier alpha value is -1.13. The molecule has 0 aliphatic carbocycles. The molecule has 0 amide bonds. The van der Waals surface area contributed by atoms with Gasteiger partial charge in [0.15, 0.2) is 11.5 Å². The third kappa shape index (κ3) is 1.94. The van der Waals surface area contributed by atoms with Crippen molar-refractivity contribution in [2.45, 2.75) is 31.3 Å². The van der Waals surface area contributed by atoms with Gasteiger partial charge in [-0.3, -0.25) is 4.90 Å². The number of fused-ring (bicyclic) bond motifs is 2. The van der Waals surface area contributed by atoms with E-state index in [1.54, 1.807) is 0 Å². The van der Waals surface area contributed by atoms with Crippen LogP contribution in [0.15, 0.2) is 12.1 Å². The average molecular weight is 281 g/mol. The van der Waals surface area contributed by atoms with Crippen LogP contribution in [0.5, 0.6) is 11.5 Å². The minimum absolute atomic E-state index is 0.287. The first-order valence-corrected chi connectivity index (χ1v) is 7.29. The van der Waals surface area contributed by atoms with Crippen molar-refractivity contribution >= 4 is 17.3 Å². The van der Waals surface area contributed by atoms with Gasteiger partial charge in [0.25, 0.3) is 0 Å². The number of hydrogen-bond donors (Lipinski definition) is 1. The Bertz CT molecular complexity index is 508. The summed E-state index contributed by atoms with van der Waals surface area (Å²) in [5.74, 6) is 1.53. The zero-order chi connectivity index (χ0) is 12.8. The molecular formula is C14H17ClN2O2. The highest BCUT2D eigenvalue weighted by Gasteiger charge is 2.37. The second-order valence-electron chi connectivity index (χ2n) is 5.47. The first kappa shape index (κ1) is 11.7. The Morgan fingerprint density at radius 2 is 2.00 bits per heavy atom. The highest BCUT2D eigenvalue weighted by atomic mass is 35.5. The molecule has 4 rings (SSSR count). The van der Waals surface area contributed by atoms with Gasteiger partial charge in [0.2, 0.25) is 6.79 Å². The Balaban J connectivity index is 1.57. The van der Waals surface area contributed by atoms with E-state index in [1.165, 1.54) is 32.4 Å². The highest BCUT2D eigenvalue weighted by Crippen LogP contribution is 2.40. The summed E-state index contributed by atoms with van der Waals surface area (Å²) in [4.78, 5) is 2.58. The first-order valence-electron chi connectivity index (χ1n) is 6.91. The van der Waals surface area contributed by atoms with Crippen molar-refractivity contribution in [1.82, 2.24) is 4.90 Å². The monoisotopic (exact) mass is 280 g/mol. The normalized spacial score (nSPS) is 28.7. The highest BCUT2D eigenvalue weighted by molar-refractivity contribution is 6.33. The predicted molar refractivity (Wildman–Crippen MR) is 74.2 cm³/mol. The van der Waals surface area contributed by atoms with Crippen LogP contribution in [0.3, 0.4) is 0 Å². The summed E-state index contributed by atoms with van der Waals surface area (Å²) in [6.45, 7) is 2.73. The van der Waals surface area contributed by atoms with Gasteiger partial charge in [-0.15, -0.1) is 0 Å². The van der Waals surface area contributed by atoms with E-state index in [0.717, 1.165) is 17.2 Å². The molecule has 0 aromatic heterocycles. The fourth-order valence-electron chi connectivity index (χ4n) is 3.48. The fourth-order valence-corrected chi connectivity index (χ4v) is 3.69. The van der Waals surface area contributed by atoms with Crippen molar-refractivity contribution < 1.29 is 9.47 Å². The maximum Gasteiger partial charge on any atom is 0.231 e. The quantitative estimate of drug-likeness (QED) is 0.903. The summed E-state index contributed by atoms with van der Waals surface area (Å²) in [5, 5.41) is 4.31. The summed E-state index contributed by atoms with van der Waals surface area (Å²) in [6, 6.07) is 4.97. The van der Waals surface area contributed by atoms with Crippen molar-refractivity contribution in [2.24, 2.45) is 0 Å². The molecule has 2 saturated heterocycles. The van der Waals surface area contributed by atoms with Gasteiger partial charge >= 0.3 is 0 Å². The van der Waals surface area contributed by atoms with Crippen molar-refractivity contribution in [2.75, 3.05) is 25.2 Å². The van der Waals surface area contributed by atoms with Crippen LogP contribution in [-0.2, 0) is 0 Å². The van der Waals surface area contributed by atoms with Crippen molar-refractivity contribution in [3.05, 3.63) is 17.2 Å². The third-order valence-electron chi connectivity index (χ3n) is 4.41. The van der Waals surface area contributed by atoms with E-state index in [0.29, 0.717) is 17.1 Å². The lowest BCUT2D eigenvalue weighted by Gasteiger charge is -2.22. The van der Waals surface area contributed by atoms with Crippen LogP contribution in [0.4, 0.5) is 5.69 Å². The largest absolute Gasteiger partial charge is 0.454 e. The molecule has 0 bridgehead atoms. The second kappa shape index (κ2) is 4.46. The average Bonchev–Trinajstić information content (AvgIpc) is 3.07. The van der Waals surface area contributed by atoms with E-state index in [-0.39, 0.29) is 6.79 Å². The number of rotatable bonds is 2. The van der Waals surface area contributed by atoms with E-state index in [9.17, 15) is 0 Å². The molecule has 19 heavy (non-hydrogen) atoms. The lowest BCUT2D eigenvalue weighted by Crippen LogP contribution is -2.33. The molecule has 102 valence electrons. The number of hydrogen-bond acceptors (Lipinski definition) is 4. The SMILES string of the molecule is Clc1cc2c(cc1NC1CCN3CCCC13)OCO2. The molecule has 0 saturated carbocycles. The summed E-state index contributed by atoms with van der Waals surface area (Å²) in [7, 11) is 0. The van der Waals surface area contributed by atoms with E-state index < -0.39 is 0 Å². The third-order valence-corrected chi connectivity index (χ3v) is 4.72. The molecule has 3 aliphatic rings. The van der Waals surface area contributed by atoms with Crippen LogP contribution in [0.1, 0.15) is 19.3 Å². The number of benzene rings is 1. The molecule has 1 N–H and O–H groups in total. The minimum Gasteiger partial charge on any atom is -0.454 e. The van der Waals surface area contributed by atoms with Crippen molar-refractivity contribution in [3.63, 3.8) is 0 Å². The Morgan fingerprint density at radius 1 is 1.16 bits per heavy atom. The minimum atomic E-state index is 0.287. The molecule has 1 aromatic rings. The van der Waals surface area contributed by atoms with Crippen LogP contribution in [0, 0.1) is 0 Å². The number of anilines is 1. The summed E-state index contributed by atoms with van der Waals surface area (Å²) in [6.07, 6.45) is 3.80. The van der Waals surface area contributed by atoms with Crippen LogP contribution in [0.2, 0.25) is 5.02 Å². The van der Waals surface area contributed by atoms with E-state index in [4.69, 9.17) is 21.1 Å². The fraction of sp³-hybridized carbons (Fsp3) is 0.571. The summed E-state index contributed by atoms with van der Waals surface area (Å²) < 4.78 is 10.7. The smallest absolute Gasteiger partial charge is 0.231 e. The summed E-state index contributed by atoms with van der Waals surface area (Å²) >= 11 is 6.32. The molecule has 0 spiro atoms. The molecule has 2 atom stereocenters. The molecule has 3 aliphatic heterocycles. The molecule has 5 heteroatoms. The van der Waals surface area contributed by atoms with E-state index >= 15 is 0 Å². The number of nitrogens with one attached hydrogen (secondary N) is 1. The number of nitrogens with zero attached hydrogens (tertiary/aromatic N) is 1. The van der Waals surface area contributed by atoms with Gasteiger partial charge < -0.3 is 14.8 Å². The number of ether oxygens (including phenoxy) is 2. The van der Waals surface area contributed by atoms with Crippen LogP contribution in [-0.4, -0.2) is 36.9 Å². The maximum atomic E-state index is 6.32. The number of halogens is 1. The van der Waals surface area contributed by atoms with E-state index in [2.05, 4.69) is 10.2 Å². The standard InChI is InChI=1S/C14H17ClN2O2/c15-9-6-13-14(19-8-18-13)7-11(9)16-10-3-5-17-4-1-2-12(10)17/h6-7,10,12,16H,1-5,8H2. The molecule has 4 nitrogen and oxygen atoms in total.